The molecule has 0 radical (unpaired) electrons. The minimum absolute atomic E-state index is 0.150. The van der Waals surface area contributed by atoms with Crippen LogP contribution < -0.4 is 5.32 Å². The molecular formula is C9H15NO6. The van der Waals surface area contributed by atoms with Gasteiger partial charge in [0.1, 0.15) is 12.6 Å². The molecule has 0 rings (SSSR count). The van der Waals surface area contributed by atoms with E-state index < -0.39 is 23.9 Å². The molecule has 1 atom stereocenters. The Kier molecular flexibility index (Phi) is 6.86. The summed E-state index contributed by atoms with van der Waals surface area (Å²) in [7, 11) is 0. The van der Waals surface area contributed by atoms with Crippen molar-refractivity contribution < 1.29 is 29.3 Å². The lowest BCUT2D eigenvalue weighted by Crippen LogP contribution is -2.42. The van der Waals surface area contributed by atoms with Crippen molar-refractivity contribution in [3.05, 3.63) is 0 Å². The van der Waals surface area contributed by atoms with Gasteiger partial charge in [0, 0.05) is 13.0 Å². The van der Waals surface area contributed by atoms with E-state index in [0.717, 1.165) is 0 Å². The second kappa shape index (κ2) is 7.63. The number of carboxylic acid groups (broad SMARTS) is 2. The summed E-state index contributed by atoms with van der Waals surface area (Å²) in [5, 5.41) is 19.3. The van der Waals surface area contributed by atoms with Crippen LogP contribution in [0.5, 0.6) is 0 Å². The van der Waals surface area contributed by atoms with Crippen molar-refractivity contribution in [3.63, 3.8) is 0 Å². The molecule has 0 bridgehead atoms. The lowest BCUT2D eigenvalue weighted by molar-refractivity contribution is -0.143. The van der Waals surface area contributed by atoms with Gasteiger partial charge in [-0.1, -0.05) is 0 Å². The second-order valence-electron chi connectivity index (χ2n) is 3.03. The van der Waals surface area contributed by atoms with Gasteiger partial charge in [-0.2, -0.15) is 0 Å². The molecule has 1 unspecified atom stereocenters. The molecule has 0 aromatic heterocycles. The number of amides is 1. The van der Waals surface area contributed by atoms with Crippen LogP contribution in [0.15, 0.2) is 0 Å². The summed E-state index contributed by atoms with van der Waals surface area (Å²) < 4.78 is 4.78. The third-order valence-electron chi connectivity index (χ3n) is 1.72. The molecule has 3 N–H and O–H groups in total. The maximum absolute atomic E-state index is 11.1. The molecule has 0 aliphatic carbocycles. The van der Waals surface area contributed by atoms with Crippen LogP contribution in [0.3, 0.4) is 0 Å². The summed E-state index contributed by atoms with van der Waals surface area (Å²) in [5.74, 6) is -2.93. The Morgan fingerprint density at radius 3 is 2.38 bits per heavy atom. The summed E-state index contributed by atoms with van der Waals surface area (Å²) in [6.07, 6.45) is -0.464. The van der Waals surface area contributed by atoms with Crippen LogP contribution >= 0.6 is 0 Å². The number of ether oxygens (including phenoxy) is 1. The third-order valence-corrected chi connectivity index (χ3v) is 1.72. The normalized spacial score (nSPS) is 11.8. The van der Waals surface area contributed by atoms with Crippen molar-refractivity contribution >= 4 is 17.8 Å². The first-order valence-electron chi connectivity index (χ1n) is 4.79. The fraction of sp³-hybridized carbons (Fsp3) is 0.667. The number of nitrogens with one attached hydrogen (secondary N) is 1. The molecule has 0 saturated heterocycles. The monoisotopic (exact) mass is 233 g/mol. The average molecular weight is 233 g/mol. The molecule has 0 spiro atoms. The van der Waals surface area contributed by atoms with E-state index in [4.69, 9.17) is 14.9 Å². The first-order valence-corrected chi connectivity index (χ1v) is 4.79. The number of rotatable bonds is 8. The van der Waals surface area contributed by atoms with Crippen LogP contribution in [-0.4, -0.2) is 47.3 Å². The number of carboxylic acids is 2. The van der Waals surface area contributed by atoms with Gasteiger partial charge in [-0.3, -0.25) is 9.59 Å². The Bertz CT molecular complexity index is 265. The molecule has 16 heavy (non-hydrogen) atoms. The molecule has 0 aromatic rings. The molecule has 0 aromatic carbocycles. The smallest absolute Gasteiger partial charge is 0.326 e. The van der Waals surface area contributed by atoms with E-state index in [-0.39, 0.29) is 19.4 Å². The van der Waals surface area contributed by atoms with Gasteiger partial charge in [0.2, 0.25) is 5.91 Å². The summed E-state index contributed by atoms with van der Waals surface area (Å²) in [5.41, 5.74) is 0. The third kappa shape index (κ3) is 6.77. The van der Waals surface area contributed by atoms with Crippen molar-refractivity contribution in [2.45, 2.75) is 25.8 Å². The van der Waals surface area contributed by atoms with Gasteiger partial charge in [-0.25, -0.2) is 4.79 Å². The van der Waals surface area contributed by atoms with E-state index >= 15 is 0 Å². The van der Waals surface area contributed by atoms with E-state index in [1.807, 2.05) is 0 Å². The standard InChI is InChI=1S/C9H15NO6/c1-2-16-5-7(11)10-6(9(14)15)3-4-8(12)13/h6H,2-5H2,1H3,(H,10,11)(H,12,13)(H,14,15). The van der Waals surface area contributed by atoms with E-state index in [2.05, 4.69) is 5.32 Å². The highest BCUT2D eigenvalue weighted by molar-refractivity contribution is 5.84. The summed E-state index contributed by atoms with van der Waals surface area (Å²) in [6.45, 7) is 1.82. The van der Waals surface area contributed by atoms with Gasteiger partial charge in [0.15, 0.2) is 0 Å². The van der Waals surface area contributed by atoms with Gasteiger partial charge in [-0.05, 0) is 13.3 Å². The van der Waals surface area contributed by atoms with Crippen LogP contribution in [-0.2, 0) is 19.1 Å². The number of aliphatic carboxylic acids is 2. The first-order chi connectivity index (χ1) is 7.47. The number of carbonyl (C=O) groups excluding carboxylic acids is 1. The van der Waals surface area contributed by atoms with E-state index in [1.54, 1.807) is 6.92 Å². The van der Waals surface area contributed by atoms with Crippen LogP contribution in [0.4, 0.5) is 0 Å². The quantitative estimate of drug-likeness (QED) is 0.518. The van der Waals surface area contributed by atoms with Crippen molar-refractivity contribution in [1.82, 2.24) is 5.32 Å². The Balaban J connectivity index is 4.07. The SMILES string of the molecule is CCOCC(=O)NC(CCC(=O)O)C(=O)O. The van der Waals surface area contributed by atoms with Gasteiger partial charge in [-0.15, -0.1) is 0 Å². The number of carbonyl (C=O) groups is 3. The Hall–Kier alpha value is -1.63. The Labute approximate surface area is 92.4 Å². The number of hydrogen-bond acceptors (Lipinski definition) is 4. The molecule has 7 heteroatoms. The summed E-state index contributed by atoms with van der Waals surface area (Å²) in [6, 6.07) is -1.19. The molecule has 0 heterocycles. The Morgan fingerprint density at radius 2 is 1.94 bits per heavy atom. The van der Waals surface area contributed by atoms with Crippen molar-refractivity contribution in [1.29, 1.82) is 0 Å². The summed E-state index contributed by atoms with van der Waals surface area (Å²) >= 11 is 0. The predicted octanol–water partition coefficient (Wildman–Crippen LogP) is -0.543. The van der Waals surface area contributed by atoms with E-state index in [9.17, 15) is 14.4 Å². The highest BCUT2D eigenvalue weighted by Gasteiger charge is 2.20. The lowest BCUT2D eigenvalue weighted by atomic mass is 10.1. The maximum Gasteiger partial charge on any atom is 0.326 e. The van der Waals surface area contributed by atoms with Crippen molar-refractivity contribution in [2.75, 3.05) is 13.2 Å². The molecule has 0 aliphatic rings. The zero-order valence-electron chi connectivity index (χ0n) is 8.93. The van der Waals surface area contributed by atoms with Gasteiger partial charge in [0.25, 0.3) is 0 Å². The molecular weight excluding hydrogens is 218 g/mol. The summed E-state index contributed by atoms with van der Waals surface area (Å²) in [4.78, 5) is 32.0. The average Bonchev–Trinajstić information content (AvgIpc) is 2.20. The van der Waals surface area contributed by atoms with E-state index in [1.165, 1.54) is 0 Å². The van der Waals surface area contributed by atoms with Crippen LogP contribution in [0, 0.1) is 0 Å². The van der Waals surface area contributed by atoms with Crippen LogP contribution in [0.25, 0.3) is 0 Å². The Morgan fingerprint density at radius 1 is 1.31 bits per heavy atom. The topological polar surface area (TPSA) is 113 Å². The van der Waals surface area contributed by atoms with Crippen molar-refractivity contribution in [2.24, 2.45) is 0 Å². The van der Waals surface area contributed by atoms with Gasteiger partial charge in [0.05, 0.1) is 0 Å². The van der Waals surface area contributed by atoms with Crippen molar-refractivity contribution in [3.8, 4) is 0 Å². The highest BCUT2D eigenvalue weighted by atomic mass is 16.5. The highest BCUT2D eigenvalue weighted by Crippen LogP contribution is 1.98. The zero-order chi connectivity index (χ0) is 12.6. The fourth-order valence-electron chi connectivity index (χ4n) is 0.956. The van der Waals surface area contributed by atoms with Crippen LogP contribution in [0.1, 0.15) is 19.8 Å². The zero-order valence-corrected chi connectivity index (χ0v) is 8.93. The van der Waals surface area contributed by atoms with Gasteiger partial charge >= 0.3 is 11.9 Å². The minimum atomic E-state index is -1.26. The minimum Gasteiger partial charge on any atom is -0.481 e. The lowest BCUT2D eigenvalue weighted by Gasteiger charge is -2.13. The number of hydrogen-bond donors (Lipinski definition) is 3. The molecule has 1 amide bonds. The molecule has 0 saturated carbocycles. The second-order valence-corrected chi connectivity index (χ2v) is 3.03. The fourth-order valence-corrected chi connectivity index (χ4v) is 0.956. The largest absolute Gasteiger partial charge is 0.481 e. The van der Waals surface area contributed by atoms with E-state index in [0.29, 0.717) is 6.61 Å². The van der Waals surface area contributed by atoms with Crippen LogP contribution in [0.2, 0.25) is 0 Å². The first kappa shape index (κ1) is 14.4. The molecule has 0 fully saturated rings. The molecule has 0 aliphatic heterocycles. The maximum atomic E-state index is 11.1. The molecule has 7 nitrogen and oxygen atoms in total. The molecule has 92 valence electrons. The predicted molar refractivity (Wildman–Crippen MR) is 52.9 cm³/mol. The van der Waals surface area contributed by atoms with Gasteiger partial charge < -0.3 is 20.3 Å².